The summed E-state index contributed by atoms with van der Waals surface area (Å²) in [6.45, 7) is 6.02. The number of rotatable bonds is 7. The molecule has 1 aromatic heterocycles. The normalized spacial score (nSPS) is 13.9. The van der Waals surface area contributed by atoms with E-state index in [-0.39, 0.29) is 17.2 Å². The summed E-state index contributed by atoms with van der Waals surface area (Å²) in [6.07, 6.45) is 5.70. The molecule has 2 amide bonds. The molecule has 1 aliphatic heterocycles. The van der Waals surface area contributed by atoms with Crippen molar-refractivity contribution in [3.05, 3.63) is 51.9 Å². The predicted molar refractivity (Wildman–Crippen MR) is 123 cm³/mol. The number of anilines is 1. The fraction of sp³-hybridized carbons (Fsp3) is 0.458. The summed E-state index contributed by atoms with van der Waals surface area (Å²) >= 11 is 0. The van der Waals surface area contributed by atoms with Crippen molar-refractivity contribution in [2.24, 2.45) is 7.05 Å². The molecule has 1 aliphatic rings. The van der Waals surface area contributed by atoms with Crippen LogP contribution in [0.2, 0.25) is 0 Å². The lowest BCUT2D eigenvalue weighted by Gasteiger charge is -2.21. The number of benzene rings is 1. The molecule has 1 saturated heterocycles. The Bertz CT molecular complexity index is 1020. The van der Waals surface area contributed by atoms with Gasteiger partial charge in [-0.3, -0.25) is 14.4 Å². The summed E-state index contributed by atoms with van der Waals surface area (Å²) in [4.78, 5) is 40.3. The Balaban J connectivity index is 1.85. The summed E-state index contributed by atoms with van der Waals surface area (Å²) in [7, 11) is 1.57. The van der Waals surface area contributed by atoms with Crippen LogP contribution in [0.5, 0.6) is 11.5 Å². The zero-order chi connectivity index (χ0) is 23.1. The minimum absolute atomic E-state index is 0.0602. The molecule has 0 bridgehead atoms. The van der Waals surface area contributed by atoms with Crippen molar-refractivity contribution in [2.75, 3.05) is 31.6 Å². The standard InChI is InChI=1S/C24H31N3O5/c1-4-31-20-11-10-17(15-21(20)32-5-2)22(28)25-19-14-18(16-26(3)24(19)30)23(29)27-12-8-6-7-9-13-27/h10-11,14-16H,4-9,12-13H2,1-3H3,(H,25,28). The molecule has 2 heterocycles. The summed E-state index contributed by atoms with van der Waals surface area (Å²) < 4.78 is 12.4. The van der Waals surface area contributed by atoms with Gasteiger partial charge < -0.3 is 24.3 Å². The number of carbonyl (C=O) groups excluding carboxylic acids is 2. The van der Waals surface area contributed by atoms with Crippen LogP contribution in [0.1, 0.15) is 60.2 Å². The highest BCUT2D eigenvalue weighted by Crippen LogP contribution is 2.29. The smallest absolute Gasteiger partial charge is 0.274 e. The van der Waals surface area contributed by atoms with E-state index in [9.17, 15) is 14.4 Å². The minimum Gasteiger partial charge on any atom is -0.490 e. The first kappa shape index (κ1) is 23.4. The maximum Gasteiger partial charge on any atom is 0.274 e. The first-order valence-electron chi connectivity index (χ1n) is 11.2. The van der Waals surface area contributed by atoms with Crippen LogP contribution < -0.4 is 20.3 Å². The zero-order valence-corrected chi connectivity index (χ0v) is 19.0. The van der Waals surface area contributed by atoms with Crippen molar-refractivity contribution >= 4 is 17.5 Å². The summed E-state index contributed by atoms with van der Waals surface area (Å²) in [5, 5.41) is 2.66. The third kappa shape index (κ3) is 5.49. The molecule has 3 rings (SSSR count). The highest BCUT2D eigenvalue weighted by atomic mass is 16.5. The molecule has 0 spiro atoms. The van der Waals surface area contributed by atoms with E-state index < -0.39 is 5.91 Å². The number of hydrogen-bond donors (Lipinski definition) is 1. The highest BCUT2D eigenvalue weighted by Gasteiger charge is 2.20. The van der Waals surface area contributed by atoms with E-state index >= 15 is 0 Å². The first-order valence-corrected chi connectivity index (χ1v) is 11.2. The number of ether oxygens (including phenoxy) is 2. The largest absolute Gasteiger partial charge is 0.490 e. The molecule has 2 aromatic rings. The van der Waals surface area contributed by atoms with Crippen LogP contribution >= 0.6 is 0 Å². The number of nitrogens with zero attached hydrogens (tertiary/aromatic N) is 2. The van der Waals surface area contributed by atoms with Gasteiger partial charge in [-0.05, 0) is 51.0 Å². The van der Waals surface area contributed by atoms with Crippen LogP contribution in [0.3, 0.4) is 0 Å². The van der Waals surface area contributed by atoms with Crippen molar-refractivity contribution < 1.29 is 19.1 Å². The van der Waals surface area contributed by atoms with Gasteiger partial charge in [-0.25, -0.2) is 0 Å². The molecule has 0 aliphatic carbocycles. The summed E-state index contributed by atoms with van der Waals surface area (Å²) in [5.74, 6) is 0.412. The summed E-state index contributed by atoms with van der Waals surface area (Å²) in [6, 6.07) is 6.33. The van der Waals surface area contributed by atoms with Crippen molar-refractivity contribution in [1.29, 1.82) is 0 Å². The van der Waals surface area contributed by atoms with E-state index in [2.05, 4.69) is 5.32 Å². The number of pyridine rings is 1. The third-order valence-electron chi connectivity index (χ3n) is 5.38. The second kappa shape index (κ2) is 10.8. The molecule has 0 atom stereocenters. The Hall–Kier alpha value is -3.29. The van der Waals surface area contributed by atoms with Crippen LogP contribution in [0.4, 0.5) is 5.69 Å². The highest BCUT2D eigenvalue weighted by molar-refractivity contribution is 6.05. The van der Waals surface area contributed by atoms with E-state index in [1.165, 1.54) is 16.8 Å². The van der Waals surface area contributed by atoms with E-state index in [1.54, 1.807) is 25.2 Å². The molecule has 1 fully saturated rings. The Morgan fingerprint density at radius 3 is 2.25 bits per heavy atom. The van der Waals surface area contributed by atoms with Crippen LogP contribution in [0.15, 0.2) is 35.3 Å². The lowest BCUT2D eigenvalue weighted by molar-refractivity contribution is 0.0760. The van der Waals surface area contributed by atoms with E-state index in [0.717, 1.165) is 25.7 Å². The molecule has 172 valence electrons. The van der Waals surface area contributed by atoms with E-state index in [1.807, 2.05) is 18.7 Å². The Morgan fingerprint density at radius 2 is 1.59 bits per heavy atom. The van der Waals surface area contributed by atoms with Gasteiger partial charge in [0.05, 0.1) is 18.8 Å². The van der Waals surface area contributed by atoms with E-state index in [0.29, 0.717) is 48.9 Å². The van der Waals surface area contributed by atoms with Gasteiger partial charge in [0.2, 0.25) is 0 Å². The monoisotopic (exact) mass is 441 g/mol. The van der Waals surface area contributed by atoms with Gasteiger partial charge >= 0.3 is 0 Å². The molecule has 1 aromatic carbocycles. The minimum atomic E-state index is -0.467. The number of aromatic nitrogens is 1. The molecule has 0 radical (unpaired) electrons. The Kier molecular flexibility index (Phi) is 7.92. The van der Waals surface area contributed by atoms with Gasteiger partial charge in [0.25, 0.3) is 17.4 Å². The van der Waals surface area contributed by atoms with Crippen LogP contribution in [-0.2, 0) is 7.05 Å². The molecule has 0 unspecified atom stereocenters. The number of carbonyl (C=O) groups is 2. The fourth-order valence-corrected chi connectivity index (χ4v) is 3.76. The van der Waals surface area contributed by atoms with Crippen LogP contribution in [0, 0.1) is 0 Å². The molecular formula is C24H31N3O5. The lowest BCUT2D eigenvalue weighted by Crippen LogP contribution is -2.33. The average molecular weight is 442 g/mol. The van der Waals surface area contributed by atoms with Crippen molar-refractivity contribution in [3.63, 3.8) is 0 Å². The van der Waals surface area contributed by atoms with Crippen LogP contribution in [-0.4, -0.2) is 47.6 Å². The van der Waals surface area contributed by atoms with Gasteiger partial charge in [0, 0.05) is 31.9 Å². The molecule has 1 N–H and O–H groups in total. The summed E-state index contributed by atoms with van der Waals surface area (Å²) in [5.41, 5.74) is 0.376. The van der Waals surface area contributed by atoms with Gasteiger partial charge in [-0.2, -0.15) is 0 Å². The van der Waals surface area contributed by atoms with Gasteiger partial charge in [0.1, 0.15) is 5.69 Å². The number of likely N-dealkylation sites (tertiary alicyclic amines) is 1. The number of aryl methyl sites for hydroxylation is 1. The van der Waals surface area contributed by atoms with E-state index in [4.69, 9.17) is 9.47 Å². The SMILES string of the molecule is CCOc1ccc(C(=O)Nc2cc(C(=O)N3CCCCCC3)cn(C)c2=O)cc1OCC. The molecular weight excluding hydrogens is 410 g/mol. The quantitative estimate of drug-likeness (QED) is 0.711. The predicted octanol–water partition coefficient (Wildman–Crippen LogP) is 3.45. The fourth-order valence-electron chi connectivity index (χ4n) is 3.76. The molecule has 8 heteroatoms. The second-order valence-electron chi connectivity index (χ2n) is 7.75. The number of nitrogens with one attached hydrogen (secondary N) is 1. The van der Waals surface area contributed by atoms with Crippen molar-refractivity contribution in [3.8, 4) is 11.5 Å². The molecule has 0 saturated carbocycles. The topological polar surface area (TPSA) is 89.9 Å². The molecule has 32 heavy (non-hydrogen) atoms. The average Bonchev–Trinajstić information content (AvgIpc) is 3.07. The first-order chi connectivity index (χ1) is 15.4. The second-order valence-corrected chi connectivity index (χ2v) is 7.75. The van der Waals surface area contributed by atoms with Crippen LogP contribution in [0.25, 0.3) is 0 Å². The van der Waals surface area contributed by atoms with Gasteiger partial charge in [-0.15, -0.1) is 0 Å². The number of hydrogen-bond acceptors (Lipinski definition) is 5. The Morgan fingerprint density at radius 1 is 0.938 bits per heavy atom. The molecule has 8 nitrogen and oxygen atoms in total. The Labute approximate surface area is 188 Å². The van der Waals surface area contributed by atoms with Gasteiger partial charge in [-0.1, -0.05) is 12.8 Å². The van der Waals surface area contributed by atoms with Crippen molar-refractivity contribution in [2.45, 2.75) is 39.5 Å². The van der Waals surface area contributed by atoms with Crippen molar-refractivity contribution in [1.82, 2.24) is 9.47 Å². The number of amides is 2. The maximum absolute atomic E-state index is 13.0. The maximum atomic E-state index is 13.0. The zero-order valence-electron chi connectivity index (χ0n) is 19.0. The third-order valence-corrected chi connectivity index (χ3v) is 5.38. The van der Waals surface area contributed by atoms with Gasteiger partial charge in [0.15, 0.2) is 11.5 Å². The lowest BCUT2D eigenvalue weighted by atomic mass is 10.1.